The summed E-state index contributed by atoms with van der Waals surface area (Å²) in [5.74, 6) is 0.355. The molecule has 1 amide bonds. The van der Waals surface area contributed by atoms with Gasteiger partial charge in [0.05, 0.1) is 0 Å². The van der Waals surface area contributed by atoms with Crippen LogP contribution >= 0.6 is 24.0 Å². The van der Waals surface area contributed by atoms with E-state index in [1.54, 1.807) is 19.2 Å². The largest absolute Gasteiger partial charge is 0.444 e. The molecule has 0 fully saturated rings. The van der Waals surface area contributed by atoms with Crippen LogP contribution in [0, 0.1) is 5.82 Å². The van der Waals surface area contributed by atoms with Crippen LogP contribution in [0.25, 0.3) is 0 Å². The number of hydrogen-bond donors (Lipinski definition) is 3. The number of aliphatic imine (C=N–C) groups is 1. The van der Waals surface area contributed by atoms with Crippen LogP contribution in [0.4, 0.5) is 9.18 Å². The Bertz CT molecular complexity index is 588. The van der Waals surface area contributed by atoms with Gasteiger partial charge in [0.15, 0.2) is 5.96 Å². The van der Waals surface area contributed by atoms with Crippen LogP contribution in [0.2, 0.25) is 0 Å². The second-order valence-electron chi connectivity index (χ2n) is 7.06. The topological polar surface area (TPSA) is 74.8 Å². The summed E-state index contributed by atoms with van der Waals surface area (Å²) in [5, 5.41) is 9.25. The van der Waals surface area contributed by atoms with E-state index in [0.29, 0.717) is 19.0 Å². The first kappa shape index (κ1) is 25.4. The molecule has 0 aliphatic rings. The number of guanidine groups is 1. The quantitative estimate of drug-likeness (QED) is 0.306. The zero-order valence-electron chi connectivity index (χ0n) is 16.8. The zero-order valence-corrected chi connectivity index (χ0v) is 19.1. The molecular formula is C19H32FIN4O2. The number of nitrogens with one attached hydrogen (secondary N) is 3. The molecule has 1 rings (SSSR count). The summed E-state index contributed by atoms with van der Waals surface area (Å²) in [4.78, 5) is 16.1. The predicted octanol–water partition coefficient (Wildman–Crippen LogP) is 3.80. The van der Waals surface area contributed by atoms with Crippen LogP contribution in [0.5, 0.6) is 0 Å². The number of benzene rings is 1. The molecule has 0 spiro atoms. The number of ether oxygens (including phenoxy) is 1. The first-order chi connectivity index (χ1) is 12.2. The lowest BCUT2D eigenvalue weighted by atomic mass is 10.1. The molecule has 154 valence electrons. The van der Waals surface area contributed by atoms with Gasteiger partial charge in [-0.3, -0.25) is 4.99 Å². The van der Waals surface area contributed by atoms with E-state index < -0.39 is 11.7 Å². The number of amides is 1. The Labute approximate surface area is 178 Å². The van der Waals surface area contributed by atoms with E-state index in [-0.39, 0.29) is 35.8 Å². The number of rotatable bonds is 7. The van der Waals surface area contributed by atoms with E-state index in [9.17, 15) is 9.18 Å². The van der Waals surface area contributed by atoms with Gasteiger partial charge < -0.3 is 20.7 Å². The molecule has 0 aliphatic carbocycles. The van der Waals surface area contributed by atoms with Crippen LogP contribution in [-0.4, -0.2) is 37.3 Å². The maximum atomic E-state index is 12.9. The van der Waals surface area contributed by atoms with Gasteiger partial charge in [-0.1, -0.05) is 25.5 Å². The van der Waals surface area contributed by atoms with Gasteiger partial charge in [-0.25, -0.2) is 9.18 Å². The van der Waals surface area contributed by atoms with Gasteiger partial charge in [0, 0.05) is 26.2 Å². The standard InChI is InChI=1S/C19H31FN4O2.HI/c1-6-7-16(24-18(25)26-19(2,3)4)13-23-17(21-5)22-12-14-8-10-15(20)11-9-14;/h8-11,16H,6-7,12-13H2,1-5H3,(H,24,25)(H2,21,22,23);1H. The molecule has 0 aliphatic heterocycles. The Hall–Kier alpha value is -1.58. The number of carbonyl (C=O) groups is 1. The highest BCUT2D eigenvalue weighted by Crippen LogP contribution is 2.07. The molecule has 0 radical (unpaired) electrons. The predicted molar refractivity (Wildman–Crippen MR) is 118 cm³/mol. The fraction of sp³-hybridized carbons (Fsp3) is 0.579. The van der Waals surface area contributed by atoms with Gasteiger partial charge >= 0.3 is 6.09 Å². The third-order valence-corrected chi connectivity index (χ3v) is 3.47. The van der Waals surface area contributed by atoms with Crippen molar-refractivity contribution in [3.63, 3.8) is 0 Å². The van der Waals surface area contributed by atoms with Gasteiger partial charge in [-0.15, -0.1) is 24.0 Å². The third kappa shape index (κ3) is 11.7. The second-order valence-corrected chi connectivity index (χ2v) is 7.06. The monoisotopic (exact) mass is 494 g/mol. The van der Waals surface area contributed by atoms with E-state index in [1.807, 2.05) is 20.8 Å². The second kappa shape index (κ2) is 12.7. The number of hydrogen-bond acceptors (Lipinski definition) is 3. The third-order valence-electron chi connectivity index (χ3n) is 3.47. The van der Waals surface area contributed by atoms with Crippen LogP contribution in [0.3, 0.4) is 0 Å². The lowest BCUT2D eigenvalue weighted by Gasteiger charge is -2.24. The molecule has 6 nitrogen and oxygen atoms in total. The Morgan fingerprint density at radius 2 is 1.85 bits per heavy atom. The summed E-state index contributed by atoms with van der Waals surface area (Å²) in [7, 11) is 1.68. The van der Waals surface area contributed by atoms with Crippen LogP contribution < -0.4 is 16.0 Å². The molecule has 1 aromatic carbocycles. The van der Waals surface area contributed by atoms with Crippen molar-refractivity contribution in [2.24, 2.45) is 4.99 Å². The maximum absolute atomic E-state index is 12.9. The molecule has 0 bridgehead atoms. The Morgan fingerprint density at radius 3 is 2.37 bits per heavy atom. The summed E-state index contributed by atoms with van der Waals surface area (Å²) < 4.78 is 18.2. The maximum Gasteiger partial charge on any atom is 0.407 e. The number of halogens is 2. The molecule has 8 heteroatoms. The molecule has 27 heavy (non-hydrogen) atoms. The molecule has 3 N–H and O–H groups in total. The minimum atomic E-state index is -0.527. The van der Waals surface area contributed by atoms with Crippen molar-refractivity contribution in [3.8, 4) is 0 Å². The van der Waals surface area contributed by atoms with Crippen molar-refractivity contribution < 1.29 is 13.9 Å². The minimum absolute atomic E-state index is 0. The van der Waals surface area contributed by atoms with Gasteiger partial charge in [-0.05, 0) is 44.9 Å². The van der Waals surface area contributed by atoms with Crippen molar-refractivity contribution in [3.05, 3.63) is 35.6 Å². The fourth-order valence-corrected chi connectivity index (χ4v) is 2.28. The average molecular weight is 494 g/mol. The van der Waals surface area contributed by atoms with E-state index in [0.717, 1.165) is 18.4 Å². The SMILES string of the molecule is CCCC(CNC(=NC)NCc1ccc(F)cc1)NC(=O)OC(C)(C)C.I. The highest BCUT2D eigenvalue weighted by atomic mass is 127. The van der Waals surface area contributed by atoms with E-state index >= 15 is 0 Å². The molecule has 0 saturated heterocycles. The zero-order chi connectivity index (χ0) is 19.6. The minimum Gasteiger partial charge on any atom is -0.444 e. The normalized spacial score (nSPS) is 12.6. The molecule has 1 atom stereocenters. The van der Waals surface area contributed by atoms with Crippen LogP contribution in [0.15, 0.2) is 29.3 Å². The first-order valence-corrected chi connectivity index (χ1v) is 8.92. The number of carbonyl (C=O) groups excluding carboxylic acids is 1. The summed E-state index contributed by atoms with van der Waals surface area (Å²) in [6, 6.07) is 6.23. The summed E-state index contributed by atoms with van der Waals surface area (Å²) >= 11 is 0. The average Bonchev–Trinajstić information content (AvgIpc) is 2.55. The fourth-order valence-electron chi connectivity index (χ4n) is 2.28. The van der Waals surface area contributed by atoms with Crippen molar-refractivity contribution >= 4 is 36.0 Å². The lowest BCUT2D eigenvalue weighted by Crippen LogP contribution is -2.48. The number of nitrogens with zero attached hydrogens (tertiary/aromatic N) is 1. The van der Waals surface area contributed by atoms with E-state index in [1.165, 1.54) is 12.1 Å². The van der Waals surface area contributed by atoms with Gasteiger partial charge in [0.1, 0.15) is 11.4 Å². The first-order valence-electron chi connectivity index (χ1n) is 8.92. The molecular weight excluding hydrogens is 462 g/mol. The molecule has 1 unspecified atom stereocenters. The van der Waals surface area contributed by atoms with E-state index in [2.05, 4.69) is 27.9 Å². The highest BCUT2D eigenvalue weighted by molar-refractivity contribution is 14.0. The van der Waals surface area contributed by atoms with Crippen LogP contribution in [0.1, 0.15) is 46.1 Å². The molecule has 0 saturated carbocycles. The van der Waals surface area contributed by atoms with Crippen molar-refractivity contribution in [2.45, 2.75) is 58.7 Å². The number of alkyl carbamates (subject to hydrolysis) is 1. The molecule has 1 aromatic rings. The Morgan fingerprint density at radius 1 is 1.22 bits per heavy atom. The van der Waals surface area contributed by atoms with Crippen molar-refractivity contribution in [1.82, 2.24) is 16.0 Å². The summed E-state index contributed by atoms with van der Waals surface area (Å²) in [6.07, 6.45) is 1.33. The summed E-state index contributed by atoms with van der Waals surface area (Å²) in [6.45, 7) is 8.61. The Balaban J connectivity index is 0.00000676. The van der Waals surface area contributed by atoms with Crippen molar-refractivity contribution in [1.29, 1.82) is 0 Å². The van der Waals surface area contributed by atoms with Gasteiger partial charge in [0.25, 0.3) is 0 Å². The highest BCUT2D eigenvalue weighted by Gasteiger charge is 2.19. The summed E-state index contributed by atoms with van der Waals surface area (Å²) in [5.41, 5.74) is 0.424. The van der Waals surface area contributed by atoms with Crippen molar-refractivity contribution in [2.75, 3.05) is 13.6 Å². The van der Waals surface area contributed by atoms with Crippen LogP contribution in [-0.2, 0) is 11.3 Å². The van der Waals surface area contributed by atoms with Gasteiger partial charge in [-0.2, -0.15) is 0 Å². The lowest BCUT2D eigenvalue weighted by molar-refractivity contribution is 0.0502. The van der Waals surface area contributed by atoms with E-state index in [4.69, 9.17) is 4.74 Å². The van der Waals surface area contributed by atoms with Gasteiger partial charge in [0.2, 0.25) is 0 Å². The smallest absolute Gasteiger partial charge is 0.407 e. The molecule has 0 aromatic heterocycles. The Kier molecular flexibility index (Phi) is 12.0. The molecule has 0 heterocycles.